The van der Waals surface area contributed by atoms with Gasteiger partial charge >= 0.3 is 0 Å². The molecule has 3 fully saturated rings. The number of Topliss-reactive ketones (excluding diaryl/α,β-unsaturated/α-hetero) is 4. The van der Waals surface area contributed by atoms with Crippen LogP contribution in [0.25, 0.3) is 11.1 Å². The van der Waals surface area contributed by atoms with E-state index in [0.29, 0.717) is 40.6 Å². The van der Waals surface area contributed by atoms with Crippen LogP contribution in [-0.2, 0) is 24.0 Å². The van der Waals surface area contributed by atoms with Gasteiger partial charge in [-0.1, -0.05) is 65.0 Å². The first-order valence-electron chi connectivity index (χ1n) is 20.7. The van der Waals surface area contributed by atoms with Gasteiger partial charge in [-0.25, -0.2) is 4.98 Å². The molecular formula is C44H57ClN4O8. The zero-order valence-corrected chi connectivity index (χ0v) is 34.6. The van der Waals surface area contributed by atoms with Gasteiger partial charge in [0.2, 0.25) is 17.6 Å². The molecule has 1 aliphatic heterocycles. The molecule has 0 spiro atoms. The number of carbonyl (C=O) groups is 5. The van der Waals surface area contributed by atoms with Crippen LogP contribution in [-0.4, -0.2) is 75.8 Å². The second kappa shape index (κ2) is 18.5. The quantitative estimate of drug-likeness (QED) is 0.116. The Kier molecular flexibility index (Phi) is 13.7. The Morgan fingerprint density at radius 2 is 1.77 bits per heavy atom. The highest BCUT2D eigenvalue weighted by molar-refractivity contribution is 6.38. The second-order valence-electron chi connectivity index (χ2n) is 17.3. The summed E-state index contributed by atoms with van der Waals surface area (Å²) in [6, 6.07) is 7.30. The van der Waals surface area contributed by atoms with Crippen LogP contribution in [0.2, 0.25) is 5.02 Å². The van der Waals surface area contributed by atoms with E-state index in [1.54, 1.807) is 42.3 Å². The van der Waals surface area contributed by atoms with Gasteiger partial charge in [-0.05, 0) is 67.6 Å². The van der Waals surface area contributed by atoms with Crippen LogP contribution in [0.5, 0.6) is 11.6 Å². The molecule has 1 aromatic carbocycles. The number of pyridine rings is 1. The molecule has 3 heterocycles. The van der Waals surface area contributed by atoms with E-state index in [2.05, 4.69) is 15.3 Å². The van der Waals surface area contributed by atoms with Gasteiger partial charge in [0.15, 0.2) is 22.9 Å². The lowest BCUT2D eigenvalue weighted by atomic mass is 9.74. The van der Waals surface area contributed by atoms with Crippen molar-refractivity contribution in [3.05, 3.63) is 41.6 Å². The number of carbonyl (C=O) groups excluding carboxylic acids is 5. The molecule has 0 bridgehead atoms. The normalized spacial score (nSPS) is 20.5. The van der Waals surface area contributed by atoms with Crippen LogP contribution in [0, 0.1) is 29.1 Å². The molecule has 1 amide bonds. The Labute approximate surface area is 340 Å². The summed E-state index contributed by atoms with van der Waals surface area (Å²) < 4.78 is 17.6. The van der Waals surface area contributed by atoms with Crippen LogP contribution < -0.4 is 14.8 Å². The van der Waals surface area contributed by atoms with E-state index in [9.17, 15) is 24.0 Å². The van der Waals surface area contributed by atoms with Gasteiger partial charge in [0.25, 0.3) is 6.01 Å². The predicted octanol–water partition coefficient (Wildman–Crippen LogP) is 8.23. The molecule has 1 saturated heterocycles. The summed E-state index contributed by atoms with van der Waals surface area (Å²) >= 11 is 6.06. The highest BCUT2D eigenvalue weighted by Gasteiger charge is 2.47. The van der Waals surface area contributed by atoms with Gasteiger partial charge in [-0.3, -0.25) is 24.0 Å². The average molecular weight is 805 g/mol. The predicted molar refractivity (Wildman–Crippen MR) is 216 cm³/mol. The topological polar surface area (TPSA) is 158 Å². The molecule has 1 N–H and O–H groups in total. The van der Waals surface area contributed by atoms with Crippen molar-refractivity contribution in [1.82, 2.24) is 14.9 Å². The lowest BCUT2D eigenvalue weighted by molar-refractivity contribution is -0.147. The molecule has 2 saturated carbocycles. The van der Waals surface area contributed by atoms with Gasteiger partial charge in [0, 0.05) is 55.8 Å². The van der Waals surface area contributed by atoms with E-state index in [0.717, 1.165) is 44.9 Å². The Bertz CT molecular complexity index is 1910. The van der Waals surface area contributed by atoms with Crippen LogP contribution in [0.4, 0.5) is 6.01 Å². The van der Waals surface area contributed by atoms with Crippen molar-refractivity contribution in [3.8, 4) is 11.6 Å². The number of halogens is 1. The minimum atomic E-state index is -0.913. The van der Waals surface area contributed by atoms with Crippen molar-refractivity contribution in [3.63, 3.8) is 0 Å². The molecule has 0 radical (unpaired) electrons. The molecule has 3 aromatic rings. The third-order valence-corrected chi connectivity index (χ3v) is 12.1. The number of methoxy groups -OCH3 is 1. The van der Waals surface area contributed by atoms with Crippen molar-refractivity contribution in [1.29, 1.82) is 0 Å². The molecule has 0 unspecified atom stereocenters. The van der Waals surface area contributed by atoms with Crippen LogP contribution >= 0.6 is 11.6 Å². The van der Waals surface area contributed by atoms with Crippen molar-refractivity contribution in [2.75, 3.05) is 19.0 Å². The summed E-state index contributed by atoms with van der Waals surface area (Å²) in [5, 5.41) is 3.77. The summed E-state index contributed by atoms with van der Waals surface area (Å²) in [6.07, 6.45) is 8.79. The molecule has 13 heteroatoms. The number of hydrogen-bond donors (Lipinski definition) is 1. The largest absolute Gasteiger partial charge is 0.497 e. The van der Waals surface area contributed by atoms with Crippen molar-refractivity contribution < 1.29 is 37.9 Å². The number of fused-ring (bicyclic) bond motifs is 1. The number of nitrogens with one attached hydrogen (secondary N) is 1. The minimum Gasteiger partial charge on any atom is -0.497 e. The Hall–Kier alpha value is -4.32. The summed E-state index contributed by atoms with van der Waals surface area (Å²) in [5.41, 5.74) is 0.486. The van der Waals surface area contributed by atoms with Gasteiger partial charge in [0.1, 0.15) is 17.4 Å². The number of nitrogens with zero attached hydrogens (tertiary/aromatic N) is 3. The zero-order valence-electron chi connectivity index (χ0n) is 33.9. The number of aromatic nitrogens is 2. The number of likely N-dealkylation sites (tertiary alicyclic amines) is 1. The fraction of sp³-hybridized carbons (Fsp3) is 0.614. The maximum absolute atomic E-state index is 15.0. The van der Waals surface area contributed by atoms with E-state index in [1.165, 1.54) is 6.20 Å². The highest BCUT2D eigenvalue weighted by Crippen LogP contribution is 2.38. The molecule has 12 nitrogen and oxygen atoms in total. The van der Waals surface area contributed by atoms with Crippen LogP contribution in [0.1, 0.15) is 111 Å². The van der Waals surface area contributed by atoms with E-state index in [4.69, 9.17) is 25.5 Å². The van der Waals surface area contributed by atoms with Gasteiger partial charge in [0.05, 0.1) is 30.8 Å². The zero-order chi connectivity index (χ0) is 40.9. The van der Waals surface area contributed by atoms with Gasteiger partial charge in [-0.2, -0.15) is 4.98 Å². The third-order valence-electron chi connectivity index (χ3n) is 11.9. The van der Waals surface area contributed by atoms with E-state index >= 15 is 0 Å². The summed E-state index contributed by atoms with van der Waals surface area (Å²) in [5.74, 6) is -1.99. The number of amides is 1. The standard InChI is InChI=1S/C44H57ClN4O8/c1-6-10-28(41(53)37(52)19-26-13-14-26)20-35(50)34-22-31(56-39-18-15-29(45)24-46-39)25-49(34)42(54)32(44(2,3)4)23-36(51)40(27-11-8-7-9-12-27)48-43-47-33-21-30(55-5)16-17-38(33)57-43/h15-18,21,24,26-28,31-32,34,40H,6-14,19-20,22-23,25H2,1-5H3,(H,47,48)/t28-,31-,32-,34+,40+/m1/s1. The summed E-state index contributed by atoms with van der Waals surface area (Å²) in [7, 11) is 1.58. The molecule has 57 heavy (non-hydrogen) atoms. The number of rotatable bonds is 19. The SMILES string of the molecule is CCC[C@H](CC(=O)[C@@H]1C[C@@H](Oc2ccc(Cl)cn2)CN1C(=O)[C@@H](CC(=O)[C@@H](Nc1nc2cc(OC)ccc2o1)C1CCCCC1)C(C)(C)C)C(=O)C(=O)CC1CC1. The number of oxazole rings is 1. The maximum atomic E-state index is 15.0. The molecule has 3 aliphatic rings. The Balaban J connectivity index is 1.25. The molecule has 5 atom stereocenters. The lowest BCUT2D eigenvalue weighted by Crippen LogP contribution is -2.49. The van der Waals surface area contributed by atoms with E-state index in [-0.39, 0.29) is 67.6 Å². The summed E-state index contributed by atoms with van der Waals surface area (Å²) in [4.78, 5) is 80.6. The lowest BCUT2D eigenvalue weighted by Gasteiger charge is -2.36. The van der Waals surface area contributed by atoms with Crippen molar-refractivity contribution in [2.24, 2.45) is 29.1 Å². The molecular weight excluding hydrogens is 748 g/mol. The number of anilines is 1. The summed E-state index contributed by atoms with van der Waals surface area (Å²) in [6.45, 7) is 7.80. The first-order valence-corrected chi connectivity index (χ1v) is 21.0. The van der Waals surface area contributed by atoms with Crippen molar-refractivity contribution >= 4 is 57.8 Å². The first kappa shape index (κ1) is 42.3. The van der Waals surface area contributed by atoms with E-state index < -0.39 is 47.0 Å². The van der Waals surface area contributed by atoms with Gasteiger partial charge in [-0.15, -0.1) is 0 Å². The van der Waals surface area contributed by atoms with Crippen LogP contribution in [0.3, 0.4) is 0 Å². The van der Waals surface area contributed by atoms with Gasteiger partial charge < -0.3 is 24.1 Å². The second-order valence-corrected chi connectivity index (χ2v) is 17.8. The minimum absolute atomic E-state index is 0.0212. The fourth-order valence-electron chi connectivity index (χ4n) is 8.45. The number of hydrogen-bond acceptors (Lipinski definition) is 11. The highest BCUT2D eigenvalue weighted by atomic mass is 35.5. The average Bonchev–Trinajstić information content (AvgIpc) is 3.75. The maximum Gasteiger partial charge on any atom is 0.296 e. The van der Waals surface area contributed by atoms with E-state index in [1.807, 2.05) is 27.7 Å². The first-order chi connectivity index (χ1) is 27.2. The Morgan fingerprint density at radius 3 is 2.42 bits per heavy atom. The molecule has 2 aromatic heterocycles. The number of ketones is 4. The monoisotopic (exact) mass is 804 g/mol. The third kappa shape index (κ3) is 10.8. The number of ether oxygens (including phenoxy) is 2. The molecule has 6 rings (SSSR count). The Morgan fingerprint density at radius 1 is 1.02 bits per heavy atom. The fourth-order valence-corrected chi connectivity index (χ4v) is 8.56. The number of benzene rings is 1. The smallest absolute Gasteiger partial charge is 0.296 e. The molecule has 2 aliphatic carbocycles. The molecule has 308 valence electrons. The van der Waals surface area contributed by atoms with Crippen LogP contribution in [0.15, 0.2) is 40.9 Å². The van der Waals surface area contributed by atoms with Crippen molar-refractivity contribution in [2.45, 2.75) is 129 Å².